The number of rotatable bonds is 4. The average Bonchev–Trinajstić information content (AvgIpc) is 2.67. The molecule has 0 saturated heterocycles. The third-order valence-corrected chi connectivity index (χ3v) is 5.44. The highest BCUT2D eigenvalue weighted by Crippen LogP contribution is 3.10. The predicted octanol–water partition coefficient (Wildman–Crippen LogP) is -1.66. The summed E-state index contributed by atoms with van der Waals surface area (Å²) >= 11 is 0. The minimum atomic E-state index is -2.36. The standard InChI is InChI=1S/C6H2N4O8/c11-7(12)3-1-2-5(3,9(15)16)6(2,10(17)18)4(1,3)8(13)14/h1-2H. The molecule has 0 unspecified atom stereocenters. The highest BCUT2D eigenvalue weighted by Gasteiger charge is 3.55. The maximum absolute atomic E-state index is 11.0. The fourth-order valence-electron chi connectivity index (χ4n) is 5.33. The molecule has 0 aromatic rings. The average molecular weight is 258 g/mol. The van der Waals surface area contributed by atoms with E-state index in [1.54, 1.807) is 0 Å². The van der Waals surface area contributed by atoms with Crippen LogP contribution in [0.3, 0.4) is 0 Å². The van der Waals surface area contributed by atoms with Crippen molar-refractivity contribution in [1.82, 2.24) is 0 Å². The van der Waals surface area contributed by atoms with Crippen LogP contribution in [0.25, 0.3) is 0 Å². The predicted molar refractivity (Wildman–Crippen MR) is 45.9 cm³/mol. The van der Waals surface area contributed by atoms with E-state index in [0.717, 1.165) is 0 Å². The Balaban J connectivity index is 1.98. The molecule has 12 nitrogen and oxygen atoms in total. The number of nitrogens with zero attached hydrogens (tertiary/aromatic N) is 4. The molecule has 5 fully saturated rings. The van der Waals surface area contributed by atoms with Crippen molar-refractivity contribution in [3.63, 3.8) is 0 Å². The topological polar surface area (TPSA) is 173 Å². The van der Waals surface area contributed by atoms with Gasteiger partial charge in [0.25, 0.3) is 0 Å². The van der Waals surface area contributed by atoms with E-state index in [2.05, 4.69) is 0 Å². The number of nitro groups is 4. The Bertz CT molecular complexity index is 511. The summed E-state index contributed by atoms with van der Waals surface area (Å²) in [5.41, 5.74) is -9.43. The Hall–Kier alpha value is -2.40. The quantitative estimate of drug-likeness (QED) is 0.425. The lowest BCUT2D eigenvalue weighted by Crippen LogP contribution is -2.74. The lowest BCUT2D eigenvalue weighted by atomic mass is 9.76. The molecular formula is C6H2N4O8. The molecule has 12 heteroatoms. The third kappa shape index (κ3) is 0.324. The molecule has 5 aliphatic rings. The molecule has 5 saturated carbocycles. The summed E-state index contributed by atoms with van der Waals surface area (Å²) in [5, 5.41) is 43.8. The van der Waals surface area contributed by atoms with Gasteiger partial charge in [-0.2, -0.15) is 0 Å². The van der Waals surface area contributed by atoms with Gasteiger partial charge in [0.1, 0.15) is 11.8 Å². The van der Waals surface area contributed by atoms with Crippen LogP contribution in [0, 0.1) is 52.3 Å². The minimum absolute atomic E-state index is 1.06. The van der Waals surface area contributed by atoms with E-state index in [9.17, 15) is 40.5 Å². The van der Waals surface area contributed by atoms with E-state index >= 15 is 0 Å². The molecule has 0 aliphatic heterocycles. The van der Waals surface area contributed by atoms with Gasteiger partial charge < -0.3 is 0 Å². The number of hydrogen-bond acceptors (Lipinski definition) is 8. The molecule has 0 N–H and O–H groups in total. The van der Waals surface area contributed by atoms with Gasteiger partial charge in [-0.15, -0.1) is 0 Å². The second-order valence-electron chi connectivity index (χ2n) is 5.05. The molecular weight excluding hydrogens is 256 g/mol. The third-order valence-electron chi connectivity index (χ3n) is 5.44. The van der Waals surface area contributed by atoms with Crippen molar-refractivity contribution in [1.29, 1.82) is 0 Å². The first-order valence-corrected chi connectivity index (χ1v) is 4.84. The van der Waals surface area contributed by atoms with E-state index < -0.39 is 53.7 Å². The molecule has 0 bridgehead atoms. The molecule has 18 heavy (non-hydrogen) atoms. The molecule has 5 aliphatic carbocycles. The summed E-state index contributed by atoms with van der Waals surface area (Å²) in [7, 11) is 0. The first-order valence-electron chi connectivity index (χ1n) is 4.84. The van der Waals surface area contributed by atoms with E-state index in [1.165, 1.54) is 0 Å². The van der Waals surface area contributed by atoms with E-state index in [-0.39, 0.29) is 0 Å². The highest BCUT2D eigenvalue weighted by molar-refractivity contribution is 5.79. The van der Waals surface area contributed by atoms with Gasteiger partial charge in [0.2, 0.25) is 0 Å². The van der Waals surface area contributed by atoms with Gasteiger partial charge in [-0.05, 0) is 0 Å². The Kier molecular flexibility index (Phi) is 0.920. The Morgan fingerprint density at radius 2 is 0.722 bits per heavy atom. The van der Waals surface area contributed by atoms with Crippen molar-refractivity contribution in [2.45, 2.75) is 22.2 Å². The lowest BCUT2D eigenvalue weighted by Gasteiger charge is -2.26. The maximum Gasteiger partial charge on any atom is 0.386 e. The van der Waals surface area contributed by atoms with Gasteiger partial charge in [0.15, 0.2) is 0 Å². The fraction of sp³-hybridized carbons (Fsp3) is 1.00. The summed E-state index contributed by atoms with van der Waals surface area (Å²) in [5.74, 6) is -2.32. The molecule has 94 valence electrons. The van der Waals surface area contributed by atoms with E-state index in [4.69, 9.17) is 0 Å². The zero-order valence-corrected chi connectivity index (χ0v) is 8.21. The minimum Gasteiger partial charge on any atom is -0.263 e. The summed E-state index contributed by atoms with van der Waals surface area (Å²) in [4.78, 5) is 39.6. The van der Waals surface area contributed by atoms with Crippen LogP contribution in [0.1, 0.15) is 0 Å². The second kappa shape index (κ2) is 1.72. The van der Waals surface area contributed by atoms with Crippen LogP contribution in [-0.4, -0.2) is 41.8 Å². The molecule has 0 aromatic carbocycles. The molecule has 0 amide bonds. The van der Waals surface area contributed by atoms with E-state index in [0.29, 0.717) is 0 Å². The molecule has 5 rings (SSSR count). The molecule has 0 aromatic heterocycles. The van der Waals surface area contributed by atoms with Gasteiger partial charge in [-0.1, -0.05) is 0 Å². The molecule has 0 radical (unpaired) electrons. The van der Waals surface area contributed by atoms with Gasteiger partial charge in [0, 0.05) is 19.7 Å². The van der Waals surface area contributed by atoms with Crippen molar-refractivity contribution in [3.8, 4) is 0 Å². The normalized spacial score (nSPS) is 59.6. The fourth-order valence-corrected chi connectivity index (χ4v) is 5.33. The molecule has 0 spiro atoms. The van der Waals surface area contributed by atoms with Crippen LogP contribution in [0.5, 0.6) is 0 Å². The van der Waals surface area contributed by atoms with Crippen LogP contribution < -0.4 is 0 Å². The monoisotopic (exact) mass is 258 g/mol. The van der Waals surface area contributed by atoms with Crippen LogP contribution in [0.15, 0.2) is 0 Å². The van der Waals surface area contributed by atoms with Crippen LogP contribution in [-0.2, 0) is 0 Å². The zero-order chi connectivity index (χ0) is 13.5. The smallest absolute Gasteiger partial charge is 0.263 e. The zero-order valence-electron chi connectivity index (χ0n) is 8.21. The Morgan fingerprint density at radius 3 is 0.833 bits per heavy atom. The Labute approximate surface area is 95.2 Å². The largest absolute Gasteiger partial charge is 0.386 e. The van der Waals surface area contributed by atoms with E-state index in [1.807, 2.05) is 0 Å². The van der Waals surface area contributed by atoms with Crippen molar-refractivity contribution in [2.75, 3.05) is 0 Å². The summed E-state index contributed by atoms with van der Waals surface area (Å²) < 4.78 is 0. The van der Waals surface area contributed by atoms with Gasteiger partial charge in [-0.3, -0.25) is 40.5 Å². The molecule has 0 heterocycles. The van der Waals surface area contributed by atoms with Crippen molar-refractivity contribution < 1.29 is 19.7 Å². The summed E-state index contributed by atoms with van der Waals surface area (Å²) in [6.07, 6.45) is 0. The van der Waals surface area contributed by atoms with Gasteiger partial charge >= 0.3 is 22.2 Å². The van der Waals surface area contributed by atoms with Gasteiger partial charge in [-0.25, -0.2) is 0 Å². The van der Waals surface area contributed by atoms with Crippen molar-refractivity contribution in [3.05, 3.63) is 40.5 Å². The van der Waals surface area contributed by atoms with Gasteiger partial charge in [0.05, 0.1) is 0 Å². The lowest BCUT2D eigenvalue weighted by molar-refractivity contribution is -0.768. The first-order chi connectivity index (χ1) is 8.26. The number of hydrogen-bond donors (Lipinski definition) is 0. The SMILES string of the molecule is O=[N+]([O-])C12C3C4C1([N+](=O)[O-])C4([N+](=O)[O-])C32[N+](=O)[O-]. The summed E-state index contributed by atoms with van der Waals surface area (Å²) in [6, 6.07) is 0. The van der Waals surface area contributed by atoms with Crippen molar-refractivity contribution in [2.24, 2.45) is 11.8 Å². The molecule has 0 atom stereocenters. The van der Waals surface area contributed by atoms with Crippen molar-refractivity contribution >= 4 is 0 Å². The second-order valence-corrected chi connectivity index (χ2v) is 5.05. The van der Waals surface area contributed by atoms with Crippen LogP contribution in [0.2, 0.25) is 0 Å². The highest BCUT2D eigenvalue weighted by atomic mass is 16.7. The van der Waals surface area contributed by atoms with Crippen LogP contribution >= 0.6 is 0 Å². The maximum atomic E-state index is 11.0. The Morgan fingerprint density at radius 1 is 0.556 bits per heavy atom. The van der Waals surface area contributed by atoms with Crippen LogP contribution in [0.4, 0.5) is 0 Å². The summed E-state index contributed by atoms with van der Waals surface area (Å²) in [6.45, 7) is 0. The first kappa shape index (κ1) is 9.61.